The minimum atomic E-state index is -1.71. The van der Waals surface area contributed by atoms with Gasteiger partial charge in [0.15, 0.2) is 0 Å². The second-order valence-electron chi connectivity index (χ2n) is 5.95. The third-order valence-corrected chi connectivity index (χ3v) is 4.52. The predicted octanol–water partition coefficient (Wildman–Crippen LogP) is 3.49. The Labute approximate surface area is 156 Å². The van der Waals surface area contributed by atoms with Gasteiger partial charge in [-0.3, -0.25) is 9.59 Å². The van der Waals surface area contributed by atoms with Crippen molar-refractivity contribution in [2.75, 3.05) is 23.9 Å². The van der Waals surface area contributed by atoms with Crippen molar-refractivity contribution in [3.63, 3.8) is 0 Å². The maximum absolute atomic E-state index is 13.0. The molecule has 1 unspecified atom stereocenters. The number of likely N-dealkylation sites (N-methyl/N-ethyl adjacent to an activating group) is 1. The van der Waals surface area contributed by atoms with Crippen molar-refractivity contribution in [3.8, 4) is 11.5 Å². The summed E-state index contributed by atoms with van der Waals surface area (Å²) >= 11 is 6.01. The molecule has 0 radical (unpaired) electrons. The van der Waals surface area contributed by atoms with Gasteiger partial charge < -0.3 is 19.7 Å². The fourth-order valence-corrected chi connectivity index (χ4v) is 3.05. The van der Waals surface area contributed by atoms with Crippen LogP contribution >= 0.6 is 11.6 Å². The molecule has 1 atom stereocenters. The average Bonchev–Trinajstić information content (AvgIpc) is 2.63. The second kappa shape index (κ2) is 6.88. The molecule has 6 nitrogen and oxygen atoms in total. The highest BCUT2D eigenvalue weighted by atomic mass is 35.5. The highest BCUT2D eigenvalue weighted by Gasteiger charge is 2.50. The van der Waals surface area contributed by atoms with E-state index in [1.54, 1.807) is 36.4 Å². The fourth-order valence-electron chi connectivity index (χ4n) is 2.87. The summed E-state index contributed by atoms with van der Waals surface area (Å²) in [6, 6.07) is 12.0. The van der Waals surface area contributed by atoms with Gasteiger partial charge in [0.25, 0.3) is 17.4 Å². The number of fused-ring (bicyclic) bond motifs is 1. The molecule has 0 aromatic heterocycles. The van der Waals surface area contributed by atoms with Crippen molar-refractivity contribution >= 4 is 34.8 Å². The molecule has 0 spiro atoms. The highest BCUT2D eigenvalue weighted by Crippen LogP contribution is 2.38. The molecule has 0 fully saturated rings. The van der Waals surface area contributed by atoms with Gasteiger partial charge in [-0.25, -0.2) is 0 Å². The largest absolute Gasteiger partial charge is 0.495 e. The molecule has 0 saturated heterocycles. The van der Waals surface area contributed by atoms with E-state index in [1.165, 1.54) is 18.9 Å². The number of methoxy groups -OCH3 is 1. The summed E-state index contributed by atoms with van der Waals surface area (Å²) in [5.41, 5.74) is -0.701. The summed E-state index contributed by atoms with van der Waals surface area (Å²) in [5, 5.41) is 3.13. The molecular weight excluding hydrogens is 356 g/mol. The van der Waals surface area contributed by atoms with Crippen LogP contribution in [0.3, 0.4) is 0 Å². The summed E-state index contributed by atoms with van der Waals surface area (Å²) in [6.07, 6.45) is 0. The minimum Gasteiger partial charge on any atom is -0.495 e. The van der Waals surface area contributed by atoms with E-state index in [1.807, 2.05) is 13.0 Å². The number of ether oxygens (including phenoxy) is 2. The first-order valence-electron chi connectivity index (χ1n) is 8.15. The highest BCUT2D eigenvalue weighted by molar-refractivity contribution is 6.31. The number of nitrogens with zero attached hydrogens (tertiary/aromatic N) is 1. The SMILES string of the molecule is CCN1C(=O)C(C)(C(=O)Nc2cc(Cl)ccc2OC)Oc2ccccc21. The number of nitrogens with one attached hydrogen (secondary N) is 1. The van der Waals surface area contributed by atoms with Crippen LogP contribution in [0.5, 0.6) is 11.5 Å². The Bertz CT molecular complexity index is 870. The monoisotopic (exact) mass is 374 g/mol. The van der Waals surface area contributed by atoms with Crippen LogP contribution in [0.1, 0.15) is 13.8 Å². The molecule has 136 valence electrons. The number of amides is 2. The van der Waals surface area contributed by atoms with Crippen molar-refractivity contribution in [2.24, 2.45) is 0 Å². The zero-order chi connectivity index (χ0) is 18.9. The maximum Gasteiger partial charge on any atom is 0.280 e. The Hall–Kier alpha value is -2.73. The van der Waals surface area contributed by atoms with Gasteiger partial charge in [-0.05, 0) is 44.2 Å². The minimum absolute atomic E-state index is 0.365. The first kappa shape index (κ1) is 18.1. The smallest absolute Gasteiger partial charge is 0.280 e. The number of para-hydroxylation sites is 2. The summed E-state index contributed by atoms with van der Waals surface area (Å²) in [5.74, 6) is -0.125. The van der Waals surface area contributed by atoms with Crippen LogP contribution in [0, 0.1) is 0 Å². The summed E-state index contributed by atoms with van der Waals surface area (Å²) in [7, 11) is 1.48. The molecular formula is C19H19ClN2O4. The van der Waals surface area contributed by atoms with Gasteiger partial charge in [0.05, 0.1) is 18.5 Å². The molecule has 2 amide bonds. The van der Waals surface area contributed by atoms with Gasteiger partial charge in [-0.1, -0.05) is 23.7 Å². The van der Waals surface area contributed by atoms with E-state index in [0.717, 1.165) is 0 Å². The molecule has 1 heterocycles. The van der Waals surface area contributed by atoms with E-state index >= 15 is 0 Å². The van der Waals surface area contributed by atoms with E-state index in [2.05, 4.69) is 5.32 Å². The quantitative estimate of drug-likeness (QED) is 0.832. The van der Waals surface area contributed by atoms with Crippen LogP contribution < -0.4 is 19.7 Å². The van der Waals surface area contributed by atoms with Gasteiger partial charge in [0.2, 0.25) is 0 Å². The van der Waals surface area contributed by atoms with E-state index in [9.17, 15) is 9.59 Å². The van der Waals surface area contributed by atoms with E-state index in [-0.39, 0.29) is 0 Å². The number of hydrogen-bond donors (Lipinski definition) is 1. The topological polar surface area (TPSA) is 67.9 Å². The molecule has 1 N–H and O–H groups in total. The second-order valence-corrected chi connectivity index (χ2v) is 6.39. The Kier molecular flexibility index (Phi) is 4.78. The number of carbonyl (C=O) groups excluding carboxylic acids is 2. The molecule has 0 saturated carbocycles. The van der Waals surface area contributed by atoms with Crippen LogP contribution in [0.4, 0.5) is 11.4 Å². The van der Waals surface area contributed by atoms with Crippen LogP contribution in [0.15, 0.2) is 42.5 Å². The van der Waals surface area contributed by atoms with Gasteiger partial charge in [-0.2, -0.15) is 0 Å². The molecule has 1 aliphatic rings. The van der Waals surface area contributed by atoms with Gasteiger partial charge >= 0.3 is 0 Å². The van der Waals surface area contributed by atoms with Crippen molar-refractivity contribution in [2.45, 2.75) is 19.4 Å². The van der Waals surface area contributed by atoms with Crippen LogP contribution in [0.2, 0.25) is 5.02 Å². The lowest BCUT2D eigenvalue weighted by Crippen LogP contribution is -2.60. The standard InChI is InChI=1S/C19H19ClN2O4/c1-4-22-14-7-5-6-8-16(14)26-19(2,18(22)24)17(23)21-13-11-12(20)9-10-15(13)25-3/h5-11H,4H2,1-3H3,(H,21,23). The van der Waals surface area contributed by atoms with Crippen molar-refractivity contribution in [3.05, 3.63) is 47.5 Å². The Morgan fingerprint density at radius 2 is 2.04 bits per heavy atom. The molecule has 0 aliphatic carbocycles. The maximum atomic E-state index is 13.0. The molecule has 1 aliphatic heterocycles. The number of benzene rings is 2. The van der Waals surface area contributed by atoms with Crippen LogP contribution in [0.25, 0.3) is 0 Å². The summed E-state index contributed by atoms with van der Waals surface area (Å²) in [4.78, 5) is 27.5. The van der Waals surface area contributed by atoms with E-state index < -0.39 is 17.4 Å². The molecule has 2 aromatic carbocycles. The van der Waals surface area contributed by atoms with Crippen molar-refractivity contribution < 1.29 is 19.1 Å². The Morgan fingerprint density at radius 3 is 2.73 bits per heavy atom. The van der Waals surface area contributed by atoms with E-state index in [0.29, 0.717) is 34.4 Å². The number of carbonyl (C=O) groups is 2. The van der Waals surface area contributed by atoms with Gasteiger partial charge in [0, 0.05) is 11.6 Å². The Morgan fingerprint density at radius 1 is 1.31 bits per heavy atom. The summed E-state index contributed by atoms with van der Waals surface area (Å²) < 4.78 is 11.1. The number of rotatable bonds is 4. The number of halogens is 1. The van der Waals surface area contributed by atoms with Crippen molar-refractivity contribution in [1.29, 1.82) is 0 Å². The first-order chi connectivity index (χ1) is 12.4. The van der Waals surface area contributed by atoms with Crippen LogP contribution in [-0.2, 0) is 9.59 Å². The van der Waals surface area contributed by atoms with Gasteiger partial charge in [-0.15, -0.1) is 0 Å². The lowest BCUT2D eigenvalue weighted by atomic mass is 9.99. The molecule has 0 bridgehead atoms. The lowest BCUT2D eigenvalue weighted by Gasteiger charge is -2.39. The molecule has 26 heavy (non-hydrogen) atoms. The van der Waals surface area contributed by atoms with Crippen molar-refractivity contribution in [1.82, 2.24) is 0 Å². The molecule has 7 heteroatoms. The average molecular weight is 375 g/mol. The van der Waals surface area contributed by atoms with E-state index in [4.69, 9.17) is 21.1 Å². The molecule has 3 rings (SSSR count). The van der Waals surface area contributed by atoms with Crippen LogP contribution in [-0.4, -0.2) is 31.1 Å². The number of hydrogen-bond acceptors (Lipinski definition) is 4. The lowest BCUT2D eigenvalue weighted by molar-refractivity contribution is -0.145. The first-order valence-corrected chi connectivity index (χ1v) is 8.53. The Balaban J connectivity index is 1.96. The zero-order valence-corrected chi connectivity index (χ0v) is 15.5. The molecule has 2 aromatic rings. The van der Waals surface area contributed by atoms with Gasteiger partial charge in [0.1, 0.15) is 11.5 Å². The third-order valence-electron chi connectivity index (χ3n) is 4.28. The fraction of sp³-hybridized carbons (Fsp3) is 0.263. The normalized spacial score (nSPS) is 18.8. The third kappa shape index (κ3) is 2.97. The number of anilines is 2. The summed E-state index contributed by atoms with van der Waals surface area (Å²) in [6.45, 7) is 3.72. The predicted molar refractivity (Wildman–Crippen MR) is 100 cm³/mol. The zero-order valence-electron chi connectivity index (χ0n) is 14.7.